The minimum atomic E-state index is -4.94. The number of benzene rings is 1. The van der Waals surface area contributed by atoms with Crippen LogP contribution in [-0.2, 0) is 23.9 Å². The van der Waals surface area contributed by atoms with Crippen LogP contribution >= 0.6 is 23.4 Å². The number of likely N-dealkylation sites (tertiary alicyclic amines) is 1. The van der Waals surface area contributed by atoms with Crippen LogP contribution in [0.15, 0.2) is 51.6 Å². The molecule has 4 rings (SSSR count). The van der Waals surface area contributed by atoms with Crippen molar-refractivity contribution in [1.82, 2.24) is 9.80 Å². The van der Waals surface area contributed by atoms with Gasteiger partial charge in [0.25, 0.3) is 0 Å². The van der Waals surface area contributed by atoms with Crippen LogP contribution in [0.1, 0.15) is 44.7 Å². The first-order valence-corrected chi connectivity index (χ1v) is 13.7. The van der Waals surface area contributed by atoms with Gasteiger partial charge in [-0.15, -0.1) is 0 Å². The molecule has 1 amide bonds. The van der Waals surface area contributed by atoms with Crippen molar-refractivity contribution in [3.63, 3.8) is 0 Å². The molecule has 3 aliphatic heterocycles. The highest BCUT2D eigenvalue weighted by Crippen LogP contribution is 2.49. The molecule has 0 saturated carbocycles. The molecular formula is C26H27ClF3N3O5S. The molecule has 3 aliphatic rings. The number of halogens is 4. The zero-order valence-electron chi connectivity index (χ0n) is 21.3. The Balaban J connectivity index is 1.65. The highest BCUT2D eigenvalue weighted by atomic mass is 35.5. The van der Waals surface area contributed by atoms with Crippen molar-refractivity contribution in [3.8, 4) is 0 Å². The first-order chi connectivity index (χ1) is 18.6. The van der Waals surface area contributed by atoms with Gasteiger partial charge in [-0.1, -0.05) is 41.6 Å². The van der Waals surface area contributed by atoms with E-state index < -0.39 is 29.5 Å². The van der Waals surface area contributed by atoms with Crippen LogP contribution in [0.2, 0.25) is 5.02 Å². The maximum absolute atomic E-state index is 14.2. The standard InChI is InChI=1S/C26H27ClF3N3O5S/c1-3-37-23(35)15-9-11-32(12-10-15)19(34)13-16-14-39-25-31-22(26(28,29)30)20(24(36)38-4-2)21(33(16)25)17-7-5-6-8-18(17)27/h5-8,14-15,21H,3-4,9-13H2,1-2H3. The third kappa shape index (κ3) is 6.11. The van der Waals surface area contributed by atoms with E-state index in [2.05, 4.69) is 4.99 Å². The average Bonchev–Trinajstić information content (AvgIpc) is 3.30. The number of allylic oxidation sites excluding steroid dienone is 1. The SMILES string of the molecule is CCOC(=O)C1=C(C(F)(F)F)N=C2SC=C(CC(=O)N3CCC(C(=O)OCC)CC3)N2C1c1ccccc1Cl. The van der Waals surface area contributed by atoms with E-state index in [1.54, 1.807) is 29.4 Å². The molecule has 0 aliphatic carbocycles. The predicted octanol–water partition coefficient (Wildman–Crippen LogP) is 5.21. The number of fused-ring (bicyclic) bond motifs is 1. The number of thioether (sulfide) groups is 1. The summed E-state index contributed by atoms with van der Waals surface area (Å²) < 4.78 is 52.7. The van der Waals surface area contributed by atoms with Crippen molar-refractivity contribution in [2.24, 2.45) is 10.9 Å². The zero-order chi connectivity index (χ0) is 28.3. The van der Waals surface area contributed by atoms with E-state index in [4.69, 9.17) is 21.1 Å². The number of aliphatic imine (C=N–C) groups is 1. The lowest BCUT2D eigenvalue weighted by Crippen LogP contribution is -2.43. The molecule has 13 heteroatoms. The fraction of sp³-hybridized carbons (Fsp3) is 0.462. The molecule has 8 nitrogen and oxygen atoms in total. The molecule has 0 spiro atoms. The Kier molecular flexibility index (Phi) is 8.95. The molecule has 1 unspecified atom stereocenters. The Morgan fingerprint density at radius 2 is 1.77 bits per heavy atom. The second-order valence-corrected chi connectivity index (χ2v) is 10.2. The number of amides is 1. The van der Waals surface area contributed by atoms with E-state index in [0.29, 0.717) is 31.6 Å². The predicted molar refractivity (Wildman–Crippen MR) is 139 cm³/mol. The third-order valence-corrected chi connectivity index (χ3v) is 7.81. The van der Waals surface area contributed by atoms with Gasteiger partial charge in [0, 0.05) is 23.8 Å². The number of alkyl halides is 3. The molecule has 1 saturated heterocycles. The van der Waals surface area contributed by atoms with Crippen molar-refractivity contribution in [1.29, 1.82) is 0 Å². The van der Waals surface area contributed by atoms with E-state index in [9.17, 15) is 27.6 Å². The lowest BCUT2D eigenvalue weighted by atomic mass is 9.93. The Morgan fingerprint density at radius 1 is 1.10 bits per heavy atom. The van der Waals surface area contributed by atoms with Gasteiger partial charge in [0.05, 0.1) is 37.2 Å². The number of amidine groups is 1. The lowest BCUT2D eigenvalue weighted by Gasteiger charge is -2.38. The summed E-state index contributed by atoms with van der Waals surface area (Å²) in [6, 6.07) is 4.97. The average molecular weight is 586 g/mol. The van der Waals surface area contributed by atoms with E-state index >= 15 is 0 Å². The molecule has 1 atom stereocenters. The molecule has 0 aromatic heterocycles. The first-order valence-electron chi connectivity index (χ1n) is 12.5. The van der Waals surface area contributed by atoms with Crippen molar-refractivity contribution in [2.45, 2.75) is 45.3 Å². The fourth-order valence-corrected chi connectivity index (χ4v) is 5.93. The van der Waals surface area contributed by atoms with E-state index in [1.807, 2.05) is 0 Å². The number of nitrogens with zero attached hydrogens (tertiary/aromatic N) is 3. The van der Waals surface area contributed by atoms with Crippen molar-refractivity contribution in [3.05, 3.63) is 57.2 Å². The minimum Gasteiger partial charge on any atom is -0.466 e. The number of rotatable bonds is 7. The largest absolute Gasteiger partial charge is 0.466 e. The van der Waals surface area contributed by atoms with Gasteiger partial charge < -0.3 is 19.3 Å². The monoisotopic (exact) mass is 585 g/mol. The number of carbonyl (C=O) groups excluding carboxylic acids is 3. The molecule has 0 N–H and O–H groups in total. The lowest BCUT2D eigenvalue weighted by molar-refractivity contribution is -0.151. The summed E-state index contributed by atoms with van der Waals surface area (Å²) in [5, 5.41) is 1.69. The van der Waals surface area contributed by atoms with Crippen LogP contribution in [0.5, 0.6) is 0 Å². The highest BCUT2D eigenvalue weighted by Gasteiger charge is 2.49. The Morgan fingerprint density at radius 3 is 2.38 bits per heavy atom. The van der Waals surface area contributed by atoms with Gasteiger partial charge in [-0.05, 0) is 43.7 Å². The third-order valence-electron chi connectivity index (χ3n) is 6.57. The Hall–Kier alpha value is -2.99. The van der Waals surface area contributed by atoms with Crippen LogP contribution in [0.4, 0.5) is 13.2 Å². The highest BCUT2D eigenvalue weighted by molar-refractivity contribution is 8.16. The quantitative estimate of drug-likeness (QED) is 0.406. The second-order valence-electron chi connectivity index (χ2n) is 8.98. The molecule has 1 aromatic rings. The van der Waals surface area contributed by atoms with Gasteiger partial charge in [0.15, 0.2) is 10.9 Å². The van der Waals surface area contributed by atoms with Crippen molar-refractivity contribution >= 4 is 46.4 Å². The van der Waals surface area contributed by atoms with Crippen LogP contribution in [0.25, 0.3) is 0 Å². The summed E-state index contributed by atoms with van der Waals surface area (Å²) in [6.07, 6.45) is -4.17. The van der Waals surface area contributed by atoms with E-state index in [1.165, 1.54) is 24.0 Å². The van der Waals surface area contributed by atoms with Gasteiger partial charge in [-0.3, -0.25) is 9.59 Å². The second kappa shape index (κ2) is 12.0. The molecule has 0 radical (unpaired) electrons. The summed E-state index contributed by atoms with van der Waals surface area (Å²) in [7, 11) is 0. The van der Waals surface area contributed by atoms with Gasteiger partial charge in [0.2, 0.25) is 5.91 Å². The normalized spacial score (nSPS) is 19.9. The Bertz CT molecular complexity index is 1240. The van der Waals surface area contributed by atoms with Gasteiger partial charge in [-0.2, -0.15) is 13.2 Å². The van der Waals surface area contributed by atoms with Gasteiger partial charge in [0.1, 0.15) is 0 Å². The number of ether oxygens (including phenoxy) is 2. The maximum Gasteiger partial charge on any atom is 0.434 e. The minimum absolute atomic E-state index is 0.0240. The number of hydrogen-bond acceptors (Lipinski definition) is 8. The van der Waals surface area contributed by atoms with E-state index in [0.717, 1.165) is 11.8 Å². The fourth-order valence-electron chi connectivity index (χ4n) is 4.77. The van der Waals surface area contributed by atoms with E-state index in [-0.39, 0.29) is 53.2 Å². The topological polar surface area (TPSA) is 88.5 Å². The van der Waals surface area contributed by atoms with Crippen LogP contribution < -0.4 is 0 Å². The van der Waals surface area contributed by atoms with Crippen molar-refractivity contribution in [2.75, 3.05) is 26.3 Å². The molecular weight excluding hydrogens is 559 g/mol. The maximum atomic E-state index is 14.2. The van der Waals surface area contributed by atoms with Crippen LogP contribution in [0.3, 0.4) is 0 Å². The van der Waals surface area contributed by atoms with Crippen LogP contribution in [-0.4, -0.2) is 65.3 Å². The molecule has 1 aromatic carbocycles. The molecule has 1 fully saturated rings. The summed E-state index contributed by atoms with van der Waals surface area (Å²) in [6.45, 7) is 4.08. The molecule has 3 heterocycles. The molecule has 0 bridgehead atoms. The molecule has 39 heavy (non-hydrogen) atoms. The number of piperidine rings is 1. The summed E-state index contributed by atoms with van der Waals surface area (Å²) in [5.41, 5.74) is -1.43. The van der Waals surface area contributed by atoms with Crippen molar-refractivity contribution < 1.29 is 37.0 Å². The van der Waals surface area contributed by atoms with Gasteiger partial charge in [-0.25, -0.2) is 9.79 Å². The van der Waals surface area contributed by atoms with Crippen LogP contribution in [0, 0.1) is 5.92 Å². The zero-order valence-corrected chi connectivity index (χ0v) is 22.9. The summed E-state index contributed by atoms with van der Waals surface area (Å²) in [4.78, 5) is 45.2. The smallest absolute Gasteiger partial charge is 0.434 e. The number of hydrogen-bond donors (Lipinski definition) is 0. The summed E-state index contributed by atoms with van der Waals surface area (Å²) in [5.74, 6) is -1.98. The first kappa shape index (κ1) is 29.0. The summed E-state index contributed by atoms with van der Waals surface area (Å²) >= 11 is 7.37. The Labute approximate surface area is 232 Å². The molecule has 210 valence electrons. The number of carbonyl (C=O) groups is 3. The van der Waals surface area contributed by atoms with Gasteiger partial charge >= 0.3 is 18.1 Å². The number of esters is 2.